The second kappa shape index (κ2) is 7.44. The first kappa shape index (κ1) is 15.8. The molecule has 3 aromatic rings. The molecule has 0 atom stereocenters. The molecule has 1 aromatic heterocycles. The molecular weight excluding hydrogens is 376 g/mol. The quantitative estimate of drug-likeness (QED) is 0.626. The largest absolute Gasteiger partial charge is 0.366 e. The van der Waals surface area contributed by atoms with Crippen LogP contribution in [0.3, 0.4) is 0 Å². The minimum absolute atomic E-state index is 0.549. The molecule has 0 aliphatic carbocycles. The van der Waals surface area contributed by atoms with Gasteiger partial charge in [0.05, 0.1) is 0 Å². The number of halogens is 2. The summed E-state index contributed by atoms with van der Waals surface area (Å²) in [7, 11) is 0. The fourth-order valence-corrected chi connectivity index (χ4v) is 2.36. The number of hydrogen-bond acceptors (Lipinski definition) is 4. The van der Waals surface area contributed by atoms with Crippen LogP contribution in [0.5, 0.6) is 0 Å². The monoisotopic (exact) mass is 388 g/mol. The van der Waals surface area contributed by atoms with Gasteiger partial charge in [-0.15, -0.1) is 0 Å². The van der Waals surface area contributed by atoms with Gasteiger partial charge in [0.25, 0.3) is 0 Å². The Balaban J connectivity index is 1.65. The van der Waals surface area contributed by atoms with E-state index in [2.05, 4.69) is 36.5 Å². The summed E-state index contributed by atoms with van der Waals surface area (Å²) in [4.78, 5) is 8.68. The smallest absolute Gasteiger partial charge is 0.229 e. The van der Waals surface area contributed by atoms with Crippen molar-refractivity contribution in [1.82, 2.24) is 9.97 Å². The summed E-state index contributed by atoms with van der Waals surface area (Å²) in [5.74, 6) is 1.31. The van der Waals surface area contributed by atoms with Crippen LogP contribution < -0.4 is 10.6 Å². The number of nitrogens with zero attached hydrogens (tertiary/aromatic N) is 2. The molecule has 1 heterocycles. The molecule has 0 spiro atoms. The maximum absolute atomic E-state index is 5.88. The van der Waals surface area contributed by atoms with Gasteiger partial charge in [-0.25, -0.2) is 4.98 Å². The normalized spacial score (nSPS) is 10.3. The Bertz CT molecular complexity index is 775. The highest BCUT2D eigenvalue weighted by Crippen LogP contribution is 2.18. The average Bonchev–Trinajstić information content (AvgIpc) is 2.57. The summed E-state index contributed by atoms with van der Waals surface area (Å²) in [5, 5.41) is 7.18. The number of hydrogen-bond donors (Lipinski definition) is 2. The molecule has 4 nitrogen and oxygen atoms in total. The summed E-state index contributed by atoms with van der Waals surface area (Å²) in [5.41, 5.74) is 2.07. The minimum atomic E-state index is 0.549. The first-order valence-corrected chi connectivity index (χ1v) is 8.20. The van der Waals surface area contributed by atoms with Crippen molar-refractivity contribution in [2.45, 2.75) is 6.54 Å². The highest BCUT2D eigenvalue weighted by molar-refractivity contribution is 9.10. The Kier molecular flexibility index (Phi) is 5.10. The molecule has 6 heteroatoms. The Morgan fingerprint density at radius 2 is 1.70 bits per heavy atom. The highest BCUT2D eigenvalue weighted by atomic mass is 79.9. The molecule has 0 saturated carbocycles. The summed E-state index contributed by atoms with van der Waals surface area (Å²) in [6, 6.07) is 17.4. The van der Waals surface area contributed by atoms with Crippen LogP contribution in [-0.4, -0.2) is 9.97 Å². The van der Waals surface area contributed by atoms with Gasteiger partial charge < -0.3 is 10.6 Å². The molecule has 23 heavy (non-hydrogen) atoms. The van der Waals surface area contributed by atoms with E-state index in [9.17, 15) is 0 Å². The lowest BCUT2D eigenvalue weighted by molar-refractivity contribution is 1.08. The van der Waals surface area contributed by atoms with E-state index in [1.807, 2.05) is 54.6 Å². The zero-order valence-electron chi connectivity index (χ0n) is 12.1. The summed E-state index contributed by atoms with van der Waals surface area (Å²) in [6.45, 7) is 0.673. The third-order valence-corrected chi connectivity index (χ3v) is 3.92. The standard InChI is InChI=1S/C17H14BrClN4/c18-13-3-7-15(8-4-13)22-17-20-10-9-16(23-17)21-11-12-1-5-14(19)6-2-12/h1-10H,11H2,(H2,20,21,22,23). The van der Waals surface area contributed by atoms with Gasteiger partial charge in [0.15, 0.2) is 0 Å². The second-order valence-electron chi connectivity index (χ2n) is 4.88. The van der Waals surface area contributed by atoms with E-state index in [-0.39, 0.29) is 0 Å². The number of aromatic nitrogens is 2. The topological polar surface area (TPSA) is 49.8 Å². The third kappa shape index (κ3) is 4.68. The van der Waals surface area contributed by atoms with Gasteiger partial charge in [-0.3, -0.25) is 0 Å². The summed E-state index contributed by atoms with van der Waals surface area (Å²) >= 11 is 9.30. The summed E-state index contributed by atoms with van der Waals surface area (Å²) in [6.07, 6.45) is 1.72. The molecule has 2 N–H and O–H groups in total. The second-order valence-corrected chi connectivity index (χ2v) is 6.23. The van der Waals surface area contributed by atoms with Gasteiger partial charge in [0.2, 0.25) is 5.95 Å². The van der Waals surface area contributed by atoms with Crippen LogP contribution in [0, 0.1) is 0 Å². The molecule has 0 aliphatic heterocycles. The predicted molar refractivity (Wildman–Crippen MR) is 98.2 cm³/mol. The van der Waals surface area contributed by atoms with Crippen molar-refractivity contribution in [3.05, 3.63) is 75.9 Å². The van der Waals surface area contributed by atoms with Gasteiger partial charge >= 0.3 is 0 Å². The lowest BCUT2D eigenvalue weighted by Gasteiger charge is -2.08. The molecule has 0 aliphatic rings. The van der Waals surface area contributed by atoms with Crippen LogP contribution in [0.25, 0.3) is 0 Å². The minimum Gasteiger partial charge on any atom is -0.366 e. The molecule has 116 valence electrons. The van der Waals surface area contributed by atoms with Crippen molar-refractivity contribution in [1.29, 1.82) is 0 Å². The molecule has 3 rings (SSSR count). The van der Waals surface area contributed by atoms with Gasteiger partial charge in [0, 0.05) is 27.9 Å². The molecule has 0 amide bonds. The van der Waals surface area contributed by atoms with Crippen molar-refractivity contribution < 1.29 is 0 Å². The van der Waals surface area contributed by atoms with Gasteiger partial charge in [-0.05, 0) is 48.0 Å². The van der Waals surface area contributed by atoms with Crippen LogP contribution in [-0.2, 0) is 6.54 Å². The molecule has 0 fully saturated rings. The fraction of sp³-hybridized carbons (Fsp3) is 0.0588. The lowest BCUT2D eigenvalue weighted by Crippen LogP contribution is -2.04. The van der Waals surface area contributed by atoms with Gasteiger partial charge in [0.1, 0.15) is 5.82 Å². The number of nitrogens with one attached hydrogen (secondary N) is 2. The maximum atomic E-state index is 5.88. The highest BCUT2D eigenvalue weighted by Gasteiger charge is 2.01. The number of benzene rings is 2. The molecule has 0 saturated heterocycles. The first-order valence-electron chi connectivity index (χ1n) is 7.03. The van der Waals surface area contributed by atoms with E-state index in [4.69, 9.17) is 11.6 Å². The Labute approximate surface area is 148 Å². The SMILES string of the molecule is Clc1ccc(CNc2ccnc(Nc3ccc(Br)cc3)n2)cc1. The third-order valence-electron chi connectivity index (χ3n) is 3.14. The van der Waals surface area contributed by atoms with E-state index in [1.165, 1.54) is 0 Å². The zero-order chi connectivity index (χ0) is 16.1. The maximum Gasteiger partial charge on any atom is 0.229 e. The van der Waals surface area contributed by atoms with Crippen molar-refractivity contribution >= 4 is 45.0 Å². The van der Waals surface area contributed by atoms with Crippen molar-refractivity contribution in [2.75, 3.05) is 10.6 Å². The van der Waals surface area contributed by atoms with Crippen LogP contribution in [0.4, 0.5) is 17.5 Å². The van der Waals surface area contributed by atoms with E-state index < -0.39 is 0 Å². The van der Waals surface area contributed by atoms with Crippen LogP contribution >= 0.6 is 27.5 Å². The first-order chi connectivity index (χ1) is 11.2. The lowest BCUT2D eigenvalue weighted by atomic mass is 10.2. The molecular formula is C17H14BrClN4. The Hall–Kier alpha value is -2.11. The fourth-order valence-electron chi connectivity index (χ4n) is 1.97. The number of rotatable bonds is 5. The van der Waals surface area contributed by atoms with Crippen molar-refractivity contribution in [2.24, 2.45) is 0 Å². The van der Waals surface area contributed by atoms with E-state index in [1.54, 1.807) is 6.20 Å². The zero-order valence-corrected chi connectivity index (χ0v) is 14.5. The van der Waals surface area contributed by atoms with Crippen LogP contribution in [0.1, 0.15) is 5.56 Å². The van der Waals surface area contributed by atoms with E-state index in [0.29, 0.717) is 12.5 Å². The van der Waals surface area contributed by atoms with Gasteiger partial charge in [-0.1, -0.05) is 39.7 Å². The molecule has 2 aromatic carbocycles. The molecule has 0 unspecified atom stereocenters. The summed E-state index contributed by atoms with van der Waals surface area (Å²) < 4.78 is 1.03. The molecule has 0 radical (unpaired) electrons. The van der Waals surface area contributed by atoms with Crippen LogP contribution in [0.15, 0.2) is 65.3 Å². The van der Waals surface area contributed by atoms with Crippen molar-refractivity contribution in [3.63, 3.8) is 0 Å². The van der Waals surface area contributed by atoms with E-state index >= 15 is 0 Å². The Morgan fingerprint density at radius 1 is 0.957 bits per heavy atom. The Morgan fingerprint density at radius 3 is 2.43 bits per heavy atom. The average molecular weight is 390 g/mol. The van der Waals surface area contributed by atoms with Gasteiger partial charge in [-0.2, -0.15) is 4.98 Å². The van der Waals surface area contributed by atoms with E-state index in [0.717, 1.165) is 26.6 Å². The van der Waals surface area contributed by atoms with Crippen LogP contribution in [0.2, 0.25) is 5.02 Å². The number of anilines is 3. The van der Waals surface area contributed by atoms with Crippen molar-refractivity contribution in [3.8, 4) is 0 Å². The molecule has 0 bridgehead atoms. The predicted octanol–water partition coefficient (Wildman–Crippen LogP) is 5.25.